The molecule has 0 unspecified atom stereocenters. The van der Waals surface area contributed by atoms with Gasteiger partial charge in [-0.25, -0.2) is 22.9 Å². The van der Waals surface area contributed by atoms with E-state index in [9.17, 15) is 13.2 Å². The minimum absolute atomic E-state index is 0.0281. The Bertz CT molecular complexity index is 1060. The van der Waals surface area contributed by atoms with E-state index in [0.29, 0.717) is 10.7 Å². The predicted octanol–water partition coefficient (Wildman–Crippen LogP) is 4.12. The van der Waals surface area contributed by atoms with Gasteiger partial charge in [0.1, 0.15) is 11.6 Å². The number of benzene rings is 2. The molecule has 2 aromatic carbocycles. The first-order valence-electron chi connectivity index (χ1n) is 8.36. The molecule has 6 nitrogen and oxygen atoms in total. The second-order valence-corrected chi connectivity index (χ2v) is 8.81. The second-order valence-electron chi connectivity index (χ2n) is 5.75. The van der Waals surface area contributed by atoms with Gasteiger partial charge in [0.25, 0.3) is 0 Å². The second kappa shape index (κ2) is 8.83. The summed E-state index contributed by atoms with van der Waals surface area (Å²) < 4.78 is 31.5. The van der Waals surface area contributed by atoms with E-state index in [1.807, 2.05) is 17.5 Å². The zero-order valence-corrected chi connectivity index (χ0v) is 17.3. The molecular formula is C19H17ClN2O4S2. The van der Waals surface area contributed by atoms with Crippen molar-refractivity contribution in [3.63, 3.8) is 0 Å². The summed E-state index contributed by atoms with van der Waals surface area (Å²) in [7, 11) is -3.55. The number of hydrogen-bond donors (Lipinski definition) is 1. The molecule has 0 spiro atoms. The average molecular weight is 437 g/mol. The van der Waals surface area contributed by atoms with E-state index in [2.05, 4.69) is 9.71 Å². The number of ether oxygens (including phenoxy) is 1. The molecule has 146 valence electrons. The quantitative estimate of drug-likeness (QED) is 0.563. The normalized spacial score (nSPS) is 11.4. The van der Waals surface area contributed by atoms with Gasteiger partial charge in [-0.1, -0.05) is 30.7 Å². The van der Waals surface area contributed by atoms with E-state index >= 15 is 0 Å². The Balaban J connectivity index is 1.62. The molecule has 0 saturated carbocycles. The van der Waals surface area contributed by atoms with Crippen LogP contribution in [0.15, 0.2) is 58.8 Å². The van der Waals surface area contributed by atoms with Gasteiger partial charge in [-0.15, -0.1) is 11.3 Å². The van der Waals surface area contributed by atoms with Crippen LogP contribution in [0.25, 0.3) is 10.6 Å². The number of halogens is 1. The average Bonchev–Trinajstić information content (AvgIpc) is 3.16. The lowest BCUT2D eigenvalue weighted by Crippen LogP contribution is -2.23. The van der Waals surface area contributed by atoms with Crippen LogP contribution in [-0.2, 0) is 21.4 Å². The summed E-state index contributed by atoms with van der Waals surface area (Å²) in [4.78, 5) is 16.7. The highest BCUT2D eigenvalue weighted by atomic mass is 35.5. The molecule has 9 heteroatoms. The molecule has 1 heterocycles. The van der Waals surface area contributed by atoms with Gasteiger partial charge in [0.2, 0.25) is 10.0 Å². The summed E-state index contributed by atoms with van der Waals surface area (Å²) in [6, 6.07) is 12.9. The van der Waals surface area contributed by atoms with Crippen LogP contribution in [-0.4, -0.2) is 25.9 Å². The van der Waals surface area contributed by atoms with Crippen molar-refractivity contribution in [3.05, 3.63) is 70.2 Å². The van der Waals surface area contributed by atoms with Crippen LogP contribution >= 0.6 is 22.9 Å². The van der Waals surface area contributed by atoms with Crippen LogP contribution < -0.4 is 4.72 Å². The summed E-state index contributed by atoms with van der Waals surface area (Å²) in [5, 5.41) is 3.28. The van der Waals surface area contributed by atoms with Gasteiger partial charge in [0.05, 0.1) is 16.2 Å². The van der Waals surface area contributed by atoms with E-state index in [1.165, 1.54) is 35.6 Å². The van der Waals surface area contributed by atoms with Gasteiger partial charge in [0.15, 0.2) is 0 Å². The summed E-state index contributed by atoms with van der Waals surface area (Å²) in [6.45, 7) is 2.01. The van der Waals surface area contributed by atoms with Crippen LogP contribution in [0.3, 0.4) is 0 Å². The highest BCUT2D eigenvalue weighted by Crippen LogP contribution is 2.25. The van der Waals surface area contributed by atoms with Crippen molar-refractivity contribution in [3.8, 4) is 10.6 Å². The predicted molar refractivity (Wildman–Crippen MR) is 109 cm³/mol. The van der Waals surface area contributed by atoms with Crippen molar-refractivity contribution in [1.82, 2.24) is 9.71 Å². The van der Waals surface area contributed by atoms with Crippen molar-refractivity contribution in [2.75, 3.05) is 6.54 Å². The molecule has 0 bridgehead atoms. The molecule has 0 aliphatic carbocycles. The molecule has 0 radical (unpaired) electrons. The van der Waals surface area contributed by atoms with E-state index < -0.39 is 16.0 Å². The summed E-state index contributed by atoms with van der Waals surface area (Å²) in [6.07, 6.45) is 0. The highest BCUT2D eigenvalue weighted by Gasteiger charge is 2.15. The van der Waals surface area contributed by atoms with E-state index in [0.717, 1.165) is 10.6 Å². The Labute approximate surface area is 172 Å². The van der Waals surface area contributed by atoms with Gasteiger partial charge >= 0.3 is 5.97 Å². The number of aromatic nitrogens is 1. The zero-order chi connectivity index (χ0) is 20.1. The number of nitrogens with one attached hydrogen (secondary N) is 1. The Morgan fingerprint density at radius 2 is 1.82 bits per heavy atom. The summed E-state index contributed by atoms with van der Waals surface area (Å²) in [5.74, 6) is -0.548. The standard InChI is InChI=1S/C19H17ClN2O4S2/c1-2-21-28(24,25)17-9-5-14(6-10-17)19(23)26-11-16-12-27-18(22-16)13-3-7-15(20)8-4-13/h3-10,12,21H,2,11H2,1H3. The molecule has 1 aromatic heterocycles. The molecule has 28 heavy (non-hydrogen) atoms. The number of sulfonamides is 1. The van der Waals surface area contributed by atoms with Crippen molar-refractivity contribution in [1.29, 1.82) is 0 Å². The zero-order valence-electron chi connectivity index (χ0n) is 14.9. The molecule has 1 N–H and O–H groups in total. The van der Waals surface area contributed by atoms with Gasteiger partial charge in [-0.05, 0) is 36.4 Å². The van der Waals surface area contributed by atoms with Crippen LogP contribution in [0.2, 0.25) is 5.02 Å². The maximum Gasteiger partial charge on any atom is 0.338 e. The third-order valence-corrected chi connectivity index (χ3v) is 6.48. The Kier molecular flexibility index (Phi) is 6.46. The lowest BCUT2D eigenvalue weighted by atomic mass is 10.2. The number of carbonyl (C=O) groups excluding carboxylic acids is 1. The first-order chi connectivity index (χ1) is 13.4. The van der Waals surface area contributed by atoms with Crippen molar-refractivity contribution in [2.24, 2.45) is 0 Å². The molecular weight excluding hydrogens is 420 g/mol. The highest BCUT2D eigenvalue weighted by molar-refractivity contribution is 7.89. The van der Waals surface area contributed by atoms with E-state index in [4.69, 9.17) is 16.3 Å². The molecule has 0 saturated heterocycles. The Morgan fingerprint density at radius 1 is 1.14 bits per heavy atom. The molecule has 3 rings (SSSR count). The Morgan fingerprint density at radius 3 is 2.46 bits per heavy atom. The number of nitrogens with zero attached hydrogens (tertiary/aromatic N) is 1. The third-order valence-electron chi connectivity index (χ3n) is 3.73. The van der Waals surface area contributed by atoms with Crippen molar-refractivity contribution in [2.45, 2.75) is 18.4 Å². The minimum Gasteiger partial charge on any atom is -0.456 e. The van der Waals surface area contributed by atoms with Gasteiger partial charge in [0, 0.05) is 22.5 Å². The number of esters is 1. The lowest BCUT2D eigenvalue weighted by molar-refractivity contribution is 0.0468. The molecule has 0 amide bonds. The van der Waals surface area contributed by atoms with Crippen LogP contribution in [0.5, 0.6) is 0 Å². The smallest absolute Gasteiger partial charge is 0.338 e. The van der Waals surface area contributed by atoms with Crippen LogP contribution in [0.1, 0.15) is 23.0 Å². The number of thiazole rings is 1. The maximum atomic E-state index is 12.2. The van der Waals surface area contributed by atoms with Crippen LogP contribution in [0, 0.1) is 0 Å². The van der Waals surface area contributed by atoms with E-state index in [-0.39, 0.29) is 23.6 Å². The van der Waals surface area contributed by atoms with Gasteiger partial charge in [-0.3, -0.25) is 0 Å². The first kappa shape index (κ1) is 20.5. The maximum absolute atomic E-state index is 12.2. The summed E-state index contributed by atoms with van der Waals surface area (Å²) >= 11 is 7.33. The molecule has 0 fully saturated rings. The third kappa shape index (κ3) is 4.96. The van der Waals surface area contributed by atoms with E-state index in [1.54, 1.807) is 19.1 Å². The van der Waals surface area contributed by atoms with Crippen molar-refractivity contribution < 1.29 is 17.9 Å². The molecule has 0 atom stereocenters. The number of rotatable bonds is 7. The topological polar surface area (TPSA) is 85.4 Å². The molecule has 0 aliphatic heterocycles. The largest absolute Gasteiger partial charge is 0.456 e. The fourth-order valence-corrected chi connectivity index (χ4v) is 4.34. The molecule has 3 aromatic rings. The number of carbonyl (C=O) groups is 1. The van der Waals surface area contributed by atoms with Crippen LogP contribution in [0.4, 0.5) is 0 Å². The van der Waals surface area contributed by atoms with Gasteiger partial charge < -0.3 is 4.74 Å². The fourth-order valence-electron chi connectivity index (χ4n) is 2.36. The fraction of sp³-hybridized carbons (Fsp3) is 0.158. The monoisotopic (exact) mass is 436 g/mol. The SMILES string of the molecule is CCNS(=O)(=O)c1ccc(C(=O)OCc2csc(-c3ccc(Cl)cc3)n2)cc1. The Hall–Kier alpha value is -2.26. The van der Waals surface area contributed by atoms with Gasteiger partial charge in [-0.2, -0.15) is 0 Å². The first-order valence-corrected chi connectivity index (χ1v) is 11.1. The lowest BCUT2D eigenvalue weighted by Gasteiger charge is -2.06. The molecule has 0 aliphatic rings. The van der Waals surface area contributed by atoms with Crippen molar-refractivity contribution >= 4 is 38.9 Å². The summed E-state index contributed by atoms with van der Waals surface area (Å²) in [5.41, 5.74) is 1.84. The number of hydrogen-bond acceptors (Lipinski definition) is 6. The minimum atomic E-state index is -3.55.